The first-order valence-corrected chi connectivity index (χ1v) is 6.65. The van der Waals surface area contributed by atoms with Gasteiger partial charge in [-0.3, -0.25) is 9.59 Å². The first kappa shape index (κ1) is 17.0. The van der Waals surface area contributed by atoms with Gasteiger partial charge >= 0.3 is 0 Å². The molecule has 0 saturated heterocycles. The highest BCUT2D eigenvalue weighted by Gasteiger charge is 2.11. The molecule has 0 heterocycles. The van der Waals surface area contributed by atoms with E-state index in [-0.39, 0.29) is 30.9 Å². The minimum Gasteiger partial charge on any atom is -0.355 e. The Kier molecular flexibility index (Phi) is 6.74. The summed E-state index contributed by atoms with van der Waals surface area (Å²) in [6.45, 7) is 3.89. The second kappa shape index (κ2) is 8.31. The van der Waals surface area contributed by atoms with Gasteiger partial charge in [0.15, 0.2) is 11.6 Å². The van der Waals surface area contributed by atoms with Crippen molar-refractivity contribution in [3.05, 3.63) is 35.4 Å². The summed E-state index contributed by atoms with van der Waals surface area (Å²) in [5.74, 6) is -2.46. The molecule has 116 valence electrons. The second-order valence-electron chi connectivity index (χ2n) is 4.51. The molecule has 0 aliphatic heterocycles. The molecule has 0 aliphatic rings. The van der Waals surface area contributed by atoms with Crippen LogP contribution in [0.1, 0.15) is 25.5 Å². The fraction of sp³-hybridized carbons (Fsp3) is 0.429. The topological polar surface area (TPSA) is 70.2 Å². The van der Waals surface area contributed by atoms with Crippen LogP contribution in [0.2, 0.25) is 0 Å². The summed E-state index contributed by atoms with van der Waals surface area (Å²) in [7, 11) is 0. The smallest absolute Gasteiger partial charge is 0.239 e. The van der Waals surface area contributed by atoms with Crippen molar-refractivity contribution >= 4 is 11.8 Å². The predicted molar refractivity (Wildman–Crippen MR) is 74.5 cm³/mol. The van der Waals surface area contributed by atoms with Crippen LogP contribution in [0.4, 0.5) is 8.78 Å². The van der Waals surface area contributed by atoms with Crippen LogP contribution in [0.25, 0.3) is 0 Å². The third-order valence-corrected chi connectivity index (χ3v) is 2.83. The molecule has 0 unspecified atom stereocenters. The number of hydrogen-bond acceptors (Lipinski definition) is 3. The minimum absolute atomic E-state index is 0.0282. The molecule has 0 fully saturated rings. The van der Waals surface area contributed by atoms with Gasteiger partial charge < -0.3 is 16.0 Å². The van der Waals surface area contributed by atoms with Crippen molar-refractivity contribution in [2.24, 2.45) is 0 Å². The monoisotopic (exact) mass is 299 g/mol. The van der Waals surface area contributed by atoms with Gasteiger partial charge in [-0.1, -0.05) is 6.07 Å². The molecule has 0 bridgehead atoms. The lowest BCUT2D eigenvalue weighted by molar-refractivity contribution is -0.125. The standard InChI is InChI=1S/C14H19F2N3O2/c1-3-17-13(20)8-19-14(21)7-18-9(2)10-4-5-11(15)12(16)6-10/h4-6,9,18H,3,7-8H2,1-2H3,(H,17,20)(H,19,21)/t9-/m0/s1. The van der Waals surface area contributed by atoms with Gasteiger partial charge in [-0.05, 0) is 31.5 Å². The van der Waals surface area contributed by atoms with Crippen LogP contribution < -0.4 is 16.0 Å². The maximum atomic E-state index is 13.1. The zero-order valence-electron chi connectivity index (χ0n) is 12.0. The molecular formula is C14H19F2N3O2. The largest absolute Gasteiger partial charge is 0.355 e. The lowest BCUT2D eigenvalue weighted by Crippen LogP contribution is -2.41. The third kappa shape index (κ3) is 5.86. The Morgan fingerprint density at radius 2 is 1.76 bits per heavy atom. The molecule has 1 aromatic carbocycles. The summed E-state index contributed by atoms with van der Waals surface area (Å²) in [6.07, 6.45) is 0. The summed E-state index contributed by atoms with van der Waals surface area (Å²) in [4.78, 5) is 22.7. The zero-order chi connectivity index (χ0) is 15.8. The number of carbonyl (C=O) groups excluding carboxylic acids is 2. The summed E-state index contributed by atoms with van der Waals surface area (Å²) in [5.41, 5.74) is 0.533. The van der Waals surface area contributed by atoms with Gasteiger partial charge in [0, 0.05) is 12.6 Å². The number of nitrogens with one attached hydrogen (secondary N) is 3. The summed E-state index contributed by atoms with van der Waals surface area (Å²) in [6, 6.07) is 3.25. The number of likely N-dealkylation sites (N-methyl/N-ethyl adjacent to an activating group) is 1. The fourth-order valence-corrected chi connectivity index (χ4v) is 1.65. The quantitative estimate of drug-likeness (QED) is 0.699. The Morgan fingerprint density at radius 3 is 2.38 bits per heavy atom. The molecule has 0 saturated carbocycles. The summed E-state index contributed by atoms with van der Waals surface area (Å²) >= 11 is 0. The number of carbonyl (C=O) groups is 2. The number of halogens is 2. The van der Waals surface area contributed by atoms with Crippen LogP contribution in [-0.2, 0) is 9.59 Å². The summed E-state index contributed by atoms with van der Waals surface area (Å²) < 4.78 is 25.9. The highest BCUT2D eigenvalue weighted by molar-refractivity contribution is 5.85. The van der Waals surface area contributed by atoms with Crippen LogP contribution in [0.3, 0.4) is 0 Å². The molecule has 2 amide bonds. The van der Waals surface area contributed by atoms with Crippen LogP contribution in [0.5, 0.6) is 0 Å². The van der Waals surface area contributed by atoms with Crippen molar-refractivity contribution in [3.63, 3.8) is 0 Å². The zero-order valence-corrected chi connectivity index (χ0v) is 12.0. The van der Waals surface area contributed by atoms with Crippen LogP contribution >= 0.6 is 0 Å². The Balaban J connectivity index is 2.38. The van der Waals surface area contributed by atoms with Crippen molar-refractivity contribution in [1.82, 2.24) is 16.0 Å². The lowest BCUT2D eigenvalue weighted by Gasteiger charge is -2.14. The molecule has 3 N–H and O–H groups in total. The molecule has 1 atom stereocenters. The Bertz CT molecular complexity index is 509. The van der Waals surface area contributed by atoms with Gasteiger partial charge in [0.25, 0.3) is 0 Å². The van der Waals surface area contributed by atoms with Gasteiger partial charge in [0.1, 0.15) is 0 Å². The highest BCUT2D eigenvalue weighted by Crippen LogP contribution is 2.15. The molecule has 7 heteroatoms. The van der Waals surface area contributed by atoms with E-state index in [1.54, 1.807) is 13.8 Å². The molecule has 5 nitrogen and oxygen atoms in total. The lowest BCUT2D eigenvalue weighted by atomic mass is 10.1. The van der Waals surface area contributed by atoms with E-state index in [1.807, 2.05) is 0 Å². The van der Waals surface area contributed by atoms with E-state index in [2.05, 4.69) is 16.0 Å². The van der Waals surface area contributed by atoms with E-state index >= 15 is 0 Å². The van der Waals surface area contributed by atoms with Crippen LogP contribution in [-0.4, -0.2) is 31.4 Å². The number of hydrogen-bond donors (Lipinski definition) is 3. The van der Waals surface area contributed by atoms with Crippen molar-refractivity contribution < 1.29 is 18.4 Å². The van der Waals surface area contributed by atoms with Gasteiger partial charge in [0.05, 0.1) is 13.1 Å². The molecule has 0 radical (unpaired) electrons. The normalized spacial score (nSPS) is 11.8. The van der Waals surface area contributed by atoms with Crippen molar-refractivity contribution in [2.75, 3.05) is 19.6 Å². The molecule has 0 aliphatic carbocycles. The van der Waals surface area contributed by atoms with Gasteiger partial charge in [-0.2, -0.15) is 0 Å². The molecule has 1 rings (SSSR count). The van der Waals surface area contributed by atoms with Crippen LogP contribution in [0.15, 0.2) is 18.2 Å². The number of rotatable bonds is 7. The Morgan fingerprint density at radius 1 is 1.10 bits per heavy atom. The van der Waals surface area contributed by atoms with Crippen LogP contribution in [0, 0.1) is 11.6 Å². The number of amides is 2. The van der Waals surface area contributed by atoms with Gasteiger partial charge in [0.2, 0.25) is 11.8 Å². The molecule has 0 aromatic heterocycles. The van der Waals surface area contributed by atoms with Crippen molar-refractivity contribution in [3.8, 4) is 0 Å². The van der Waals surface area contributed by atoms with E-state index in [0.717, 1.165) is 12.1 Å². The second-order valence-corrected chi connectivity index (χ2v) is 4.51. The average Bonchev–Trinajstić information content (AvgIpc) is 2.45. The maximum absolute atomic E-state index is 13.1. The van der Waals surface area contributed by atoms with Gasteiger partial charge in [-0.25, -0.2) is 8.78 Å². The average molecular weight is 299 g/mol. The number of benzene rings is 1. The molecule has 0 spiro atoms. The SMILES string of the molecule is CCNC(=O)CNC(=O)CN[C@@H](C)c1ccc(F)c(F)c1. The van der Waals surface area contributed by atoms with Crippen molar-refractivity contribution in [1.29, 1.82) is 0 Å². The third-order valence-electron chi connectivity index (χ3n) is 2.83. The van der Waals surface area contributed by atoms with E-state index in [9.17, 15) is 18.4 Å². The van der Waals surface area contributed by atoms with E-state index in [1.165, 1.54) is 6.07 Å². The summed E-state index contributed by atoms with van der Waals surface area (Å²) in [5, 5.41) is 7.87. The maximum Gasteiger partial charge on any atom is 0.239 e. The Labute approximate surface area is 122 Å². The first-order chi connectivity index (χ1) is 9.93. The van der Waals surface area contributed by atoms with Crippen molar-refractivity contribution in [2.45, 2.75) is 19.9 Å². The minimum atomic E-state index is -0.929. The van der Waals surface area contributed by atoms with E-state index in [0.29, 0.717) is 12.1 Å². The molecule has 21 heavy (non-hydrogen) atoms. The molecule has 1 aromatic rings. The van der Waals surface area contributed by atoms with E-state index < -0.39 is 11.6 Å². The highest BCUT2D eigenvalue weighted by atomic mass is 19.2. The molecular weight excluding hydrogens is 280 g/mol. The van der Waals surface area contributed by atoms with E-state index in [4.69, 9.17) is 0 Å². The Hall–Kier alpha value is -2.02. The first-order valence-electron chi connectivity index (χ1n) is 6.65. The fourth-order valence-electron chi connectivity index (χ4n) is 1.65. The predicted octanol–water partition coefficient (Wildman–Crippen LogP) is 0.868. The van der Waals surface area contributed by atoms with Gasteiger partial charge in [-0.15, -0.1) is 0 Å².